The quantitative estimate of drug-likeness (QED) is 0.774. The average molecular weight is 313 g/mol. The van der Waals surface area contributed by atoms with Gasteiger partial charge in [-0.2, -0.15) is 13.2 Å². The number of hydrogen-bond acceptors (Lipinski definition) is 4. The van der Waals surface area contributed by atoms with Gasteiger partial charge in [0.05, 0.1) is 6.54 Å². The minimum absolute atomic E-state index is 0.0690. The number of aromatic amines is 1. The van der Waals surface area contributed by atoms with E-state index >= 15 is 0 Å². The maximum atomic E-state index is 12.3. The number of carbonyl (C=O) groups excluding carboxylic acids is 1. The van der Waals surface area contributed by atoms with Crippen LogP contribution in [0.1, 0.15) is 27.6 Å². The minimum Gasteiger partial charge on any atom is -0.345 e. The van der Waals surface area contributed by atoms with E-state index in [0.717, 1.165) is 5.56 Å². The fraction of sp³-hybridized carbons (Fsp3) is 0.308. The average Bonchev–Trinajstić information content (AvgIpc) is 2.95. The van der Waals surface area contributed by atoms with Crippen LogP contribution < -0.4 is 11.1 Å². The highest BCUT2D eigenvalue weighted by atomic mass is 19.4. The van der Waals surface area contributed by atoms with Crippen molar-refractivity contribution in [3.8, 4) is 0 Å². The van der Waals surface area contributed by atoms with Crippen molar-refractivity contribution in [3.05, 3.63) is 47.0 Å². The Balaban J connectivity index is 1.93. The van der Waals surface area contributed by atoms with Gasteiger partial charge in [0.2, 0.25) is 0 Å². The summed E-state index contributed by atoms with van der Waals surface area (Å²) in [4.78, 5) is 15.1. The van der Waals surface area contributed by atoms with Crippen LogP contribution in [0.15, 0.2) is 24.3 Å². The number of nitrogens with one attached hydrogen (secondary N) is 2. The van der Waals surface area contributed by atoms with E-state index in [9.17, 15) is 18.0 Å². The van der Waals surface area contributed by atoms with Gasteiger partial charge in [-0.15, -0.1) is 5.10 Å². The molecule has 0 saturated heterocycles. The van der Waals surface area contributed by atoms with Gasteiger partial charge < -0.3 is 11.1 Å². The smallest absolute Gasteiger partial charge is 0.345 e. The first-order valence-corrected chi connectivity index (χ1v) is 6.46. The van der Waals surface area contributed by atoms with Crippen molar-refractivity contribution >= 4 is 5.91 Å². The van der Waals surface area contributed by atoms with E-state index < -0.39 is 17.9 Å². The Labute approximate surface area is 123 Å². The summed E-state index contributed by atoms with van der Waals surface area (Å²) >= 11 is 0. The maximum absolute atomic E-state index is 12.3. The highest BCUT2D eigenvalue weighted by Gasteiger charge is 2.35. The van der Waals surface area contributed by atoms with Crippen LogP contribution in [-0.4, -0.2) is 27.6 Å². The Morgan fingerprint density at radius 1 is 1.27 bits per heavy atom. The number of amides is 1. The molecule has 1 aromatic heterocycles. The summed E-state index contributed by atoms with van der Waals surface area (Å²) < 4.78 is 37.0. The lowest BCUT2D eigenvalue weighted by molar-refractivity contribution is -0.144. The molecule has 1 amide bonds. The summed E-state index contributed by atoms with van der Waals surface area (Å²) in [6.45, 7) is 0.338. The highest BCUT2D eigenvalue weighted by molar-refractivity contribution is 5.94. The van der Waals surface area contributed by atoms with Crippen LogP contribution in [0.4, 0.5) is 13.2 Å². The number of benzene rings is 1. The molecule has 0 spiro atoms. The Morgan fingerprint density at radius 2 is 1.95 bits per heavy atom. The Morgan fingerprint density at radius 3 is 2.50 bits per heavy atom. The Kier molecular flexibility index (Phi) is 4.76. The summed E-state index contributed by atoms with van der Waals surface area (Å²) in [5, 5.41) is 7.65. The summed E-state index contributed by atoms with van der Waals surface area (Å²) in [6.07, 6.45) is -3.90. The first-order valence-electron chi connectivity index (χ1n) is 6.46. The lowest BCUT2D eigenvalue weighted by Gasteiger charge is -2.04. The SMILES string of the molecule is NCCc1ccc(C(=O)NCc2nc(C(F)(F)F)n[nH]2)cc1. The van der Waals surface area contributed by atoms with Crippen molar-refractivity contribution in [2.45, 2.75) is 19.1 Å². The van der Waals surface area contributed by atoms with E-state index in [2.05, 4.69) is 20.5 Å². The van der Waals surface area contributed by atoms with Gasteiger partial charge in [0.1, 0.15) is 5.82 Å². The molecule has 0 fully saturated rings. The molecule has 118 valence electrons. The number of aromatic nitrogens is 3. The topological polar surface area (TPSA) is 96.7 Å². The van der Waals surface area contributed by atoms with E-state index in [-0.39, 0.29) is 12.4 Å². The number of nitrogens with two attached hydrogens (primary N) is 1. The molecule has 22 heavy (non-hydrogen) atoms. The number of nitrogens with zero attached hydrogens (tertiary/aromatic N) is 2. The summed E-state index contributed by atoms with van der Waals surface area (Å²) in [5.74, 6) is -1.74. The first kappa shape index (κ1) is 16.0. The summed E-state index contributed by atoms with van der Waals surface area (Å²) in [6, 6.07) is 6.81. The van der Waals surface area contributed by atoms with E-state index in [1.54, 1.807) is 24.3 Å². The number of alkyl halides is 3. The second kappa shape index (κ2) is 6.56. The molecule has 1 aromatic carbocycles. The fourth-order valence-electron chi connectivity index (χ4n) is 1.76. The van der Waals surface area contributed by atoms with Crippen LogP contribution in [0.3, 0.4) is 0 Å². The van der Waals surface area contributed by atoms with Gasteiger partial charge in [0, 0.05) is 5.56 Å². The molecule has 6 nitrogen and oxygen atoms in total. The molecule has 1 heterocycles. The third kappa shape index (κ3) is 4.04. The van der Waals surface area contributed by atoms with Crippen LogP contribution in [0.5, 0.6) is 0 Å². The molecular weight excluding hydrogens is 299 g/mol. The zero-order valence-corrected chi connectivity index (χ0v) is 11.4. The van der Waals surface area contributed by atoms with Crippen LogP contribution in [0, 0.1) is 0 Å². The molecule has 0 aliphatic heterocycles. The molecule has 2 rings (SSSR count). The second-order valence-corrected chi connectivity index (χ2v) is 4.52. The number of rotatable bonds is 5. The summed E-state index contributed by atoms with van der Waals surface area (Å²) in [7, 11) is 0. The van der Waals surface area contributed by atoms with Crippen molar-refractivity contribution < 1.29 is 18.0 Å². The van der Waals surface area contributed by atoms with E-state index in [1.165, 1.54) is 0 Å². The summed E-state index contributed by atoms with van der Waals surface area (Å²) in [5.41, 5.74) is 6.83. The van der Waals surface area contributed by atoms with Crippen LogP contribution in [0.25, 0.3) is 0 Å². The van der Waals surface area contributed by atoms with Gasteiger partial charge in [-0.25, -0.2) is 4.98 Å². The molecular formula is C13H14F3N5O. The number of hydrogen-bond donors (Lipinski definition) is 3. The third-order valence-corrected chi connectivity index (χ3v) is 2.85. The molecule has 0 unspecified atom stereocenters. The van der Waals surface area contributed by atoms with E-state index in [4.69, 9.17) is 5.73 Å². The van der Waals surface area contributed by atoms with Crippen molar-refractivity contribution in [3.63, 3.8) is 0 Å². The number of carbonyl (C=O) groups is 1. The highest BCUT2D eigenvalue weighted by Crippen LogP contribution is 2.25. The third-order valence-electron chi connectivity index (χ3n) is 2.85. The largest absolute Gasteiger partial charge is 0.453 e. The van der Waals surface area contributed by atoms with Gasteiger partial charge in [-0.3, -0.25) is 9.89 Å². The molecule has 0 aliphatic carbocycles. The molecule has 0 atom stereocenters. The molecule has 9 heteroatoms. The van der Waals surface area contributed by atoms with Gasteiger partial charge in [-0.1, -0.05) is 12.1 Å². The normalized spacial score (nSPS) is 11.5. The lowest BCUT2D eigenvalue weighted by Crippen LogP contribution is -2.23. The van der Waals surface area contributed by atoms with Crippen LogP contribution in [0.2, 0.25) is 0 Å². The van der Waals surface area contributed by atoms with Gasteiger partial charge in [0.25, 0.3) is 11.7 Å². The monoisotopic (exact) mass is 313 g/mol. The van der Waals surface area contributed by atoms with Crippen LogP contribution in [-0.2, 0) is 19.1 Å². The molecule has 0 bridgehead atoms. The predicted molar refractivity (Wildman–Crippen MR) is 71.8 cm³/mol. The lowest BCUT2D eigenvalue weighted by atomic mass is 10.1. The molecule has 4 N–H and O–H groups in total. The molecule has 0 aliphatic rings. The standard InChI is InChI=1S/C13H14F3N5O/c14-13(15,16)12-19-10(20-21-12)7-18-11(22)9-3-1-8(2-4-9)5-6-17/h1-4H,5-7,17H2,(H,18,22)(H,19,20,21). The zero-order valence-electron chi connectivity index (χ0n) is 11.4. The minimum atomic E-state index is -4.61. The molecule has 0 radical (unpaired) electrons. The zero-order chi connectivity index (χ0) is 16.2. The van der Waals surface area contributed by atoms with Gasteiger partial charge in [0.15, 0.2) is 0 Å². The van der Waals surface area contributed by atoms with E-state index in [0.29, 0.717) is 18.5 Å². The fourth-order valence-corrected chi connectivity index (χ4v) is 1.76. The van der Waals surface area contributed by atoms with Crippen molar-refractivity contribution in [1.29, 1.82) is 0 Å². The maximum Gasteiger partial charge on any atom is 0.453 e. The van der Waals surface area contributed by atoms with Crippen molar-refractivity contribution in [2.24, 2.45) is 5.73 Å². The number of halogens is 3. The Bertz CT molecular complexity index is 636. The van der Waals surface area contributed by atoms with Gasteiger partial charge >= 0.3 is 6.18 Å². The van der Waals surface area contributed by atoms with Gasteiger partial charge in [-0.05, 0) is 30.7 Å². The first-order chi connectivity index (χ1) is 10.4. The molecule has 0 saturated carbocycles. The van der Waals surface area contributed by atoms with E-state index in [1.807, 2.05) is 0 Å². The number of H-pyrrole nitrogens is 1. The Hall–Kier alpha value is -2.42. The van der Waals surface area contributed by atoms with Crippen LogP contribution >= 0.6 is 0 Å². The van der Waals surface area contributed by atoms with Crippen molar-refractivity contribution in [2.75, 3.05) is 6.54 Å². The predicted octanol–water partition coefficient (Wildman–Crippen LogP) is 1.25. The second-order valence-electron chi connectivity index (χ2n) is 4.52. The van der Waals surface area contributed by atoms with Crippen molar-refractivity contribution in [1.82, 2.24) is 20.5 Å². The molecule has 2 aromatic rings.